The van der Waals surface area contributed by atoms with Crippen LogP contribution < -0.4 is 5.32 Å². The van der Waals surface area contributed by atoms with E-state index in [1.54, 1.807) is 11.3 Å². The number of thiophene rings is 2. The largest absolute Gasteiger partial charge is 0.306 e. The molecule has 0 aliphatic rings. The summed E-state index contributed by atoms with van der Waals surface area (Å²) in [6, 6.07) is 4.89. The first-order chi connectivity index (χ1) is 7.72. The highest BCUT2D eigenvalue weighted by molar-refractivity contribution is 7.12. The van der Waals surface area contributed by atoms with Crippen molar-refractivity contribution in [3.05, 3.63) is 43.8 Å². The van der Waals surface area contributed by atoms with Crippen LogP contribution in [0, 0.1) is 13.8 Å². The second-order valence-electron chi connectivity index (χ2n) is 3.92. The molecule has 0 aliphatic carbocycles. The molecule has 16 heavy (non-hydrogen) atoms. The summed E-state index contributed by atoms with van der Waals surface area (Å²) in [5.74, 6) is 0. The summed E-state index contributed by atoms with van der Waals surface area (Å²) in [4.78, 5) is 2.82. The molecule has 0 fully saturated rings. The van der Waals surface area contributed by atoms with Crippen molar-refractivity contribution in [2.75, 3.05) is 6.54 Å². The number of hydrogen-bond acceptors (Lipinski definition) is 3. The number of aryl methyl sites for hydroxylation is 2. The van der Waals surface area contributed by atoms with Gasteiger partial charge >= 0.3 is 0 Å². The lowest BCUT2D eigenvalue weighted by Gasteiger charge is -2.16. The zero-order valence-electron chi connectivity index (χ0n) is 9.91. The van der Waals surface area contributed by atoms with E-state index in [1.165, 1.54) is 20.9 Å². The Morgan fingerprint density at radius 3 is 2.69 bits per heavy atom. The monoisotopic (exact) mass is 251 g/mol. The Morgan fingerprint density at radius 1 is 1.38 bits per heavy atom. The van der Waals surface area contributed by atoms with E-state index < -0.39 is 0 Å². The Morgan fingerprint density at radius 2 is 2.19 bits per heavy atom. The molecular weight excluding hydrogens is 234 g/mol. The van der Waals surface area contributed by atoms with E-state index in [0.29, 0.717) is 6.04 Å². The third-order valence-electron chi connectivity index (χ3n) is 2.68. The summed E-state index contributed by atoms with van der Waals surface area (Å²) in [6.45, 7) is 7.55. The fourth-order valence-corrected chi connectivity index (χ4v) is 3.64. The summed E-state index contributed by atoms with van der Waals surface area (Å²) in [7, 11) is 0. The highest BCUT2D eigenvalue weighted by Gasteiger charge is 2.17. The first kappa shape index (κ1) is 11.8. The van der Waals surface area contributed by atoms with Gasteiger partial charge in [0.1, 0.15) is 0 Å². The Balaban J connectivity index is 2.36. The van der Waals surface area contributed by atoms with Gasteiger partial charge in [-0.3, -0.25) is 0 Å². The molecule has 0 aromatic carbocycles. The van der Waals surface area contributed by atoms with Gasteiger partial charge in [-0.1, -0.05) is 6.92 Å². The van der Waals surface area contributed by atoms with Crippen molar-refractivity contribution in [1.29, 1.82) is 0 Å². The smallest absolute Gasteiger partial charge is 0.0595 e. The molecule has 0 spiro atoms. The fraction of sp³-hybridized carbons (Fsp3) is 0.385. The van der Waals surface area contributed by atoms with Gasteiger partial charge in [0.25, 0.3) is 0 Å². The van der Waals surface area contributed by atoms with Crippen molar-refractivity contribution in [3.63, 3.8) is 0 Å². The van der Waals surface area contributed by atoms with Crippen LogP contribution in [0.5, 0.6) is 0 Å². The summed E-state index contributed by atoms with van der Waals surface area (Å²) in [5, 5.41) is 7.95. The lowest BCUT2D eigenvalue weighted by molar-refractivity contribution is 0.631. The quantitative estimate of drug-likeness (QED) is 0.861. The molecule has 2 rings (SSSR count). The second kappa shape index (κ2) is 5.13. The molecule has 0 saturated heterocycles. The fourth-order valence-electron chi connectivity index (χ4n) is 1.99. The average molecular weight is 251 g/mol. The van der Waals surface area contributed by atoms with Crippen LogP contribution in [0.4, 0.5) is 0 Å². The maximum Gasteiger partial charge on any atom is 0.0595 e. The third-order valence-corrected chi connectivity index (χ3v) is 4.36. The summed E-state index contributed by atoms with van der Waals surface area (Å²) >= 11 is 3.65. The molecule has 0 aliphatic heterocycles. The van der Waals surface area contributed by atoms with Crippen LogP contribution in [0.2, 0.25) is 0 Å². The molecule has 1 N–H and O–H groups in total. The van der Waals surface area contributed by atoms with Crippen molar-refractivity contribution >= 4 is 22.7 Å². The zero-order chi connectivity index (χ0) is 11.5. The molecule has 3 heteroatoms. The highest BCUT2D eigenvalue weighted by atomic mass is 32.1. The Bertz CT molecular complexity index is 442. The van der Waals surface area contributed by atoms with Gasteiger partial charge in [-0.2, -0.15) is 11.3 Å². The molecular formula is C13H17NS2. The normalized spacial score (nSPS) is 12.9. The van der Waals surface area contributed by atoms with Crippen LogP contribution in [-0.2, 0) is 0 Å². The summed E-state index contributed by atoms with van der Waals surface area (Å²) in [5.41, 5.74) is 2.82. The van der Waals surface area contributed by atoms with E-state index in [0.717, 1.165) is 6.54 Å². The molecule has 0 amide bonds. The van der Waals surface area contributed by atoms with Crippen LogP contribution in [-0.4, -0.2) is 6.54 Å². The molecule has 1 nitrogen and oxygen atoms in total. The van der Waals surface area contributed by atoms with Gasteiger partial charge in [0.2, 0.25) is 0 Å². The predicted octanol–water partition coefficient (Wildman–Crippen LogP) is 4.13. The molecule has 1 atom stereocenters. The van der Waals surface area contributed by atoms with E-state index >= 15 is 0 Å². The van der Waals surface area contributed by atoms with E-state index in [1.807, 2.05) is 11.3 Å². The van der Waals surface area contributed by atoms with E-state index in [9.17, 15) is 0 Å². The van der Waals surface area contributed by atoms with Gasteiger partial charge in [-0.15, -0.1) is 11.3 Å². The van der Waals surface area contributed by atoms with Crippen molar-refractivity contribution in [2.45, 2.75) is 26.8 Å². The molecule has 0 radical (unpaired) electrons. The van der Waals surface area contributed by atoms with Crippen molar-refractivity contribution in [1.82, 2.24) is 5.32 Å². The Kier molecular flexibility index (Phi) is 3.79. The number of rotatable bonds is 4. The second-order valence-corrected chi connectivity index (χ2v) is 6.16. The van der Waals surface area contributed by atoms with Gasteiger partial charge in [0.05, 0.1) is 6.04 Å². The van der Waals surface area contributed by atoms with Gasteiger partial charge < -0.3 is 5.32 Å². The van der Waals surface area contributed by atoms with E-state index in [4.69, 9.17) is 0 Å². The Labute approximate surface area is 105 Å². The Hall–Kier alpha value is -0.640. The van der Waals surface area contributed by atoms with Gasteiger partial charge in [-0.05, 0) is 54.4 Å². The van der Waals surface area contributed by atoms with Crippen LogP contribution in [0.15, 0.2) is 22.9 Å². The van der Waals surface area contributed by atoms with Gasteiger partial charge in [0, 0.05) is 9.75 Å². The summed E-state index contributed by atoms with van der Waals surface area (Å²) < 4.78 is 0. The molecule has 0 bridgehead atoms. The summed E-state index contributed by atoms with van der Waals surface area (Å²) in [6.07, 6.45) is 0. The maximum absolute atomic E-state index is 3.57. The first-order valence-corrected chi connectivity index (χ1v) is 7.30. The number of nitrogens with one attached hydrogen (secondary N) is 1. The minimum atomic E-state index is 0.362. The van der Waals surface area contributed by atoms with E-state index in [-0.39, 0.29) is 0 Å². The lowest BCUT2D eigenvalue weighted by atomic mass is 10.0. The highest BCUT2D eigenvalue weighted by Crippen LogP contribution is 2.31. The molecule has 2 aromatic heterocycles. The molecule has 2 aromatic rings. The van der Waals surface area contributed by atoms with Crippen LogP contribution in [0.1, 0.15) is 33.8 Å². The van der Waals surface area contributed by atoms with E-state index in [2.05, 4.69) is 49.0 Å². The average Bonchev–Trinajstić information content (AvgIpc) is 2.85. The standard InChI is InChI=1S/C13H17NS2/c1-4-14-13(11-5-6-15-8-11)12-7-9(2)16-10(12)3/h5-8,13-14H,4H2,1-3H3. The minimum Gasteiger partial charge on any atom is -0.306 e. The van der Waals surface area contributed by atoms with Gasteiger partial charge in [-0.25, -0.2) is 0 Å². The van der Waals surface area contributed by atoms with Crippen molar-refractivity contribution in [2.24, 2.45) is 0 Å². The van der Waals surface area contributed by atoms with Crippen LogP contribution in [0.25, 0.3) is 0 Å². The topological polar surface area (TPSA) is 12.0 Å². The lowest BCUT2D eigenvalue weighted by Crippen LogP contribution is -2.21. The third kappa shape index (κ3) is 2.37. The van der Waals surface area contributed by atoms with Crippen molar-refractivity contribution in [3.8, 4) is 0 Å². The maximum atomic E-state index is 3.57. The predicted molar refractivity (Wildman–Crippen MR) is 73.6 cm³/mol. The van der Waals surface area contributed by atoms with Crippen LogP contribution in [0.3, 0.4) is 0 Å². The minimum absolute atomic E-state index is 0.362. The van der Waals surface area contributed by atoms with Crippen LogP contribution >= 0.6 is 22.7 Å². The molecule has 0 saturated carbocycles. The molecule has 86 valence electrons. The molecule has 1 unspecified atom stereocenters. The van der Waals surface area contributed by atoms with Gasteiger partial charge in [0.15, 0.2) is 0 Å². The first-order valence-electron chi connectivity index (χ1n) is 5.54. The molecule has 2 heterocycles. The van der Waals surface area contributed by atoms with Crippen molar-refractivity contribution < 1.29 is 0 Å². The zero-order valence-corrected chi connectivity index (χ0v) is 11.5. The SMILES string of the molecule is CCNC(c1ccsc1)c1cc(C)sc1C. The number of hydrogen-bond donors (Lipinski definition) is 1.